The summed E-state index contributed by atoms with van der Waals surface area (Å²) < 4.78 is 42.3. The number of pyridine rings is 1. The Hall–Kier alpha value is -1.58. The lowest BCUT2D eigenvalue weighted by Gasteiger charge is -2.10. The van der Waals surface area contributed by atoms with E-state index in [0.717, 1.165) is 15.2 Å². The quantitative estimate of drug-likeness (QED) is 0.630. The fraction of sp³-hybridized carbons (Fsp3) is 0.0625. The summed E-state index contributed by atoms with van der Waals surface area (Å²) >= 11 is 2.01. The van der Waals surface area contributed by atoms with Crippen molar-refractivity contribution in [3.63, 3.8) is 0 Å². The number of halogens is 2. The molecule has 0 spiro atoms. The van der Waals surface area contributed by atoms with Gasteiger partial charge >= 0.3 is 0 Å². The number of benzene rings is 2. The molecule has 1 aromatic heterocycles. The fourth-order valence-corrected chi connectivity index (χ4v) is 3.88. The average molecular weight is 442 g/mol. The van der Waals surface area contributed by atoms with E-state index in [1.165, 1.54) is 12.3 Å². The molecule has 3 rings (SSSR count). The van der Waals surface area contributed by atoms with Crippen LogP contribution in [0.3, 0.4) is 0 Å². The molecule has 0 saturated carbocycles. The molecule has 7 heteroatoms. The molecule has 0 radical (unpaired) electrons. The van der Waals surface area contributed by atoms with Crippen LogP contribution in [0.5, 0.6) is 0 Å². The maximum absolute atomic E-state index is 13.9. The maximum Gasteiger partial charge on any atom is 0.241 e. The summed E-state index contributed by atoms with van der Waals surface area (Å²) in [6.45, 7) is 0.166. The molecule has 0 unspecified atom stereocenters. The number of nitrogens with one attached hydrogen (secondary N) is 1. The zero-order valence-corrected chi connectivity index (χ0v) is 14.8. The minimum atomic E-state index is -3.78. The van der Waals surface area contributed by atoms with Crippen LogP contribution < -0.4 is 4.72 Å². The van der Waals surface area contributed by atoms with Gasteiger partial charge < -0.3 is 0 Å². The highest BCUT2D eigenvalue weighted by Gasteiger charge is 2.19. The highest BCUT2D eigenvalue weighted by molar-refractivity contribution is 14.1. The molecule has 0 saturated heterocycles. The van der Waals surface area contributed by atoms with Crippen LogP contribution in [0.2, 0.25) is 0 Å². The summed E-state index contributed by atoms with van der Waals surface area (Å²) in [6, 6.07) is 13.2. The van der Waals surface area contributed by atoms with Crippen molar-refractivity contribution < 1.29 is 12.8 Å². The van der Waals surface area contributed by atoms with Crippen LogP contribution in [0.25, 0.3) is 10.9 Å². The summed E-state index contributed by atoms with van der Waals surface area (Å²) in [6.07, 6.45) is 1.50. The van der Waals surface area contributed by atoms with Gasteiger partial charge in [0.25, 0.3) is 0 Å². The molecule has 1 heterocycles. The van der Waals surface area contributed by atoms with E-state index in [1.54, 1.807) is 6.07 Å². The molecular formula is C16H12FIN2O2S. The highest BCUT2D eigenvalue weighted by atomic mass is 127. The van der Waals surface area contributed by atoms with Gasteiger partial charge in [-0.2, -0.15) is 0 Å². The molecule has 4 nitrogen and oxygen atoms in total. The van der Waals surface area contributed by atoms with Crippen molar-refractivity contribution in [1.29, 1.82) is 0 Å². The second-order valence-electron chi connectivity index (χ2n) is 4.91. The van der Waals surface area contributed by atoms with E-state index in [0.29, 0.717) is 0 Å². The predicted octanol–water partition coefficient (Wildman–Crippen LogP) is 3.46. The Kier molecular flexibility index (Phi) is 4.60. The lowest BCUT2D eigenvalue weighted by molar-refractivity contribution is 0.581. The molecule has 1 N–H and O–H groups in total. The Labute approximate surface area is 146 Å². The second kappa shape index (κ2) is 6.50. The SMILES string of the molecule is O=S(=O)(NCc1ccccc1)c1ccc(F)c2ncc(I)cc12. The van der Waals surface area contributed by atoms with Crippen LogP contribution >= 0.6 is 22.6 Å². The smallest absolute Gasteiger partial charge is 0.241 e. The van der Waals surface area contributed by atoms with E-state index in [2.05, 4.69) is 9.71 Å². The van der Waals surface area contributed by atoms with Crippen LogP contribution in [0.15, 0.2) is 59.6 Å². The Morgan fingerprint density at radius 3 is 2.61 bits per heavy atom. The van der Waals surface area contributed by atoms with E-state index < -0.39 is 15.8 Å². The molecule has 0 aliphatic rings. The summed E-state index contributed by atoms with van der Waals surface area (Å²) in [5.41, 5.74) is 0.892. The molecule has 118 valence electrons. The molecule has 0 aliphatic heterocycles. The summed E-state index contributed by atoms with van der Waals surface area (Å²) in [5, 5.41) is 0.275. The maximum atomic E-state index is 13.9. The topological polar surface area (TPSA) is 59.1 Å². The molecule has 3 aromatic rings. The fourth-order valence-electron chi connectivity index (χ4n) is 2.22. The van der Waals surface area contributed by atoms with Crippen LogP contribution in [0.4, 0.5) is 4.39 Å². The first kappa shape index (κ1) is 16.3. The largest absolute Gasteiger partial charge is 0.252 e. The summed E-state index contributed by atoms with van der Waals surface area (Å²) in [4.78, 5) is 4.02. The van der Waals surface area contributed by atoms with Gasteiger partial charge in [0.2, 0.25) is 10.0 Å². The lowest BCUT2D eigenvalue weighted by Crippen LogP contribution is -2.23. The van der Waals surface area contributed by atoms with Gasteiger partial charge in [0, 0.05) is 21.7 Å². The molecule has 0 aliphatic carbocycles. The summed E-state index contributed by atoms with van der Waals surface area (Å²) in [5.74, 6) is -0.543. The Bertz CT molecular complexity index is 962. The van der Waals surface area contributed by atoms with Crippen molar-refractivity contribution in [2.75, 3.05) is 0 Å². The van der Waals surface area contributed by atoms with Crippen molar-refractivity contribution in [2.45, 2.75) is 11.4 Å². The highest BCUT2D eigenvalue weighted by Crippen LogP contribution is 2.25. The number of hydrogen-bond donors (Lipinski definition) is 1. The van der Waals surface area contributed by atoms with Crippen molar-refractivity contribution in [2.24, 2.45) is 0 Å². The standard InChI is InChI=1S/C16H12FIN2O2S/c17-14-6-7-15(13-8-12(18)10-19-16(13)14)23(21,22)20-9-11-4-2-1-3-5-11/h1-8,10,20H,9H2. The molecule has 23 heavy (non-hydrogen) atoms. The van der Waals surface area contributed by atoms with Crippen LogP contribution in [0, 0.1) is 9.39 Å². The van der Waals surface area contributed by atoms with Crippen LogP contribution in [-0.4, -0.2) is 13.4 Å². The first-order valence-corrected chi connectivity index (χ1v) is 9.31. The number of hydrogen-bond acceptors (Lipinski definition) is 3. The van der Waals surface area contributed by atoms with Gasteiger partial charge in [-0.3, -0.25) is 4.98 Å². The third kappa shape index (κ3) is 3.51. The molecule has 0 fully saturated rings. The van der Waals surface area contributed by atoms with Gasteiger partial charge in [-0.1, -0.05) is 30.3 Å². The van der Waals surface area contributed by atoms with E-state index in [4.69, 9.17) is 0 Å². The zero-order valence-electron chi connectivity index (χ0n) is 11.8. The van der Waals surface area contributed by atoms with Gasteiger partial charge in [0.1, 0.15) is 11.3 Å². The monoisotopic (exact) mass is 442 g/mol. The van der Waals surface area contributed by atoms with Crippen LogP contribution in [0.1, 0.15) is 5.56 Å². The number of fused-ring (bicyclic) bond motifs is 1. The van der Waals surface area contributed by atoms with Crippen molar-refractivity contribution in [1.82, 2.24) is 9.71 Å². The summed E-state index contributed by atoms with van der Waals surface area (Å²) in [7, 11) is -3.78. The van der Waals surface area contributed by atoms with Crippen molar-refractivity contribution in [3.05, 3.63) is 69.7 Å². The third-order valence-corrected chi connectivity index (χ3v) is 5.38. The van der Waals surface area contributed by atoms with E-state index in [9.17, 15) is 12.8 Å². The minimum absolute atomic E-state index is 0.0239. The third-order valence-electron chi connectivity index (χ3n) is 3.33. The van der Waals surface area contributed by atoms with Gasteiger partial charge in [-0.25, -0.2) is 17.5 Å². The van der Waals surface area contributed by atoms with Gasteiger partial charge in [0.15, 0.2) is 0 Å². The molecule has 0 amide bonds. The first-order chi connectivity index (χ1) is 11.0. The van der Waals surface area contributed by atoms with E-state index in [-0.39, 0.29) is 22.3 Å². The van der Waals surface area contributed by atoms with Crippen molar-refractivity contribution in [3.8, 4) is 0 Å². The Balaban J connectivity index is 2.01. The van der Waals surface area contributed by atoms with E-state index in [1.807, 2.05) is 52.9 Å². The van der Waals surface area contributed by atoms with Crippen molar-refractivity contribution >= 4 is 43.5 Å². The first-order valence-electron chi connectivity index (χ1n) is 6.75. The number of sulfonamides is 1. The molecule has 2 aromatic carbocycles. The normalized spacial score (nSPS) is 11.7. The molecule has 0 bridgehead atoms. The minimum Gasteiger partial charge on any atom is -0.252 e. The number of aromatic nitrogens is 1. The Morgan fingerprint density at radius 2 is 1.87 bits per heavy atom. The number of nitrogens with zero attached hydrogens (tertiary/aromatic N) is 1. The van der Waals surface area contributed by atoms with Gasteiger partial charge in [-0.05, 0) is 46.4 Å². The second-order valence-corrected chi connectivity index (χ2v) is 7.89. The van der Waals surface area contributed by atoms with Gasteiger partial charge in [-0.15, -0.1) is 0 Å². The predicted molar refractivity (Wildman–Crippen MR) is 94.9 cm³/mol. The molecular weight excluding hydrogens is 430 g/mol. The van der Waals surface area contributed by atoms with Gasteiger partial charge in [0.05, 0.1) is 4.90 Å². The lowest BCUT2D eigenvalue weighted by atomic mass is 10.2. The zero-order chi connectivity index (χ0) is 16.4. The van der Waals surface area contributed by atoms with E-state index >= 15 is 0 Å². The van der Waals surface area contributed by atoms with Crippen LogP contribution in [-0.2, 0) is 16.6 Å². The molecule has 0 atom stereocenters. The average Bonchev–Trinajstić information content (AvgIpc) is 2.54. The number of rotatable bonds is 4. The Morgan fingerprint density at radius 1 is 1.13 bits per heavy atom.